The van der Waals surface area contributed by atoms with Crippen LogP contribution < -0.4 is 11.2 Å². The molecule has 0 saturated heterocycles. The van der Waals surface area contributed by atoms with Gasteiger partial charge in [0.15, 0.2) is 11.2 Å². The first kappa shape index (κ1) is 20.6. The molecule has 0 fully saturated rings. The maximum atomic E-state index is 12.6. The number of imidazole rings is 1. The van der Waals surface area contributed by atoms with E-state index in [0.29, 0.717) is 30.0 Å². The topological polar surface area (TPSA) is 99.0 Å². The summed E-state index contributed by atoms with van der Waals surface area (Å²) < 4.78 is 8.55. The van der Waals surface area contributed by atoms with Crippen LogP contribution in [0.3, 0.4) is 0 Å². The molecule has 8 nitrogen and oxygen atoms in total. The average molecular weight is 398 g/mol. The molecular formula is C21H26N4O4. The van der Waals surface area contributed by atoms with Gasteiger partial charge >= 0.3 is 11.7 Å². The number of ether oxygens (including phenoxy) is 1. The quantitative estimate of drug-likeness (QED) is 0.588. The Labute approximate surface area is 168 Å². The molecule has 3 rings (SSSR count). The minimum absolute atomic E-state index is 0.0746. The summed E-state index contributed by atoms with van der Waals surface area (Å²) in [5, 5.41) is 0. The van der Waals surface area contributed by atoms with Crippen molar-refractivity contribution in [2.75, 3.05) is 0 Å². The second kappa shape index (κ2) is 8.89. The molecule has 8 heteroatoms. The molecule has 2 aromatic heterocycles. The minimum Gasteiger partial charge on any atom is -0.457 e. The SMILES string of the molecule is CCCCn1c(=O)[nH]c(=O)c2c1nc(COC(=O)C(CC)c1ccccc1)n2C. The van der Waals surface area contributed by atoms with Crippen molar-refractivity contribution >= 4 is 17.1 Å². The number of unbranched alkanes of at least 4 members (excludes halogenated alkanes) is 1. The van der Waals surface area contributed by atoms with E-state index in [-0.39, 0.29) is 18.5 Å². The number of rotatable bonds is 8. The largest absolute Gasteiger partial charge is 0.457 e. The van der Waals surface area contributed by atoms with Crippen molar-refractivity contribution in [2.24, 2.45) is 7.05 Å². The Morgan fingerprint density at radius 3 is 2.59 bits per heavy atom. The van der Waals surface area contributed by atoms with Crippen LogP contribution in [0.1, 0.15) is 50.4 Å². The van der Waals surface area contributed by atoms with Gasteiger partial charge < -0.3 is 9.30 Å². The van der Waals surface area contributed by atoms with Gasteiger partial charge in [-0.05, 0) is 18.4 Å². The van der Waals surface area contributed by atoms with E-state index < -0.39 is 11.2 Å². The van der Waals surface area contributed by atoms with Crippen LogP contribution in [0, 0.1) is 0 Å². The summed E-state index contributed by atoms with van der Waals surface area (Å²) in [5.41, 5.74) is 0.529. The standard InChI is InChI=1S/C21H26N4O4/c1-4-6-12-25-18-17(19(26)23-21(25)28)24(3)16(22-18)13-29-20(27)15(5-2)14-10-8-7-9-11-14/h7-11,15H,4-6,12-13H2,1-3H3,(H,23,26,28). The molecule has 0 amide bonds. The normalized spacial score (nSPS) is 12.2. The first-order valence-electron chi connectivity index (χ1n) is 9.87. The molecule has 0 radical (unpaired) electrons. The third-order valence-corrected chi connectivity index (χ3v) is 5.08. The first-order chi connectivity index (χ1) is 14.0. The van der Waals surface area contributed by atoms with Crippen LogP contribution in [0.2, 0.25) is 0 Å². The highest BCUT2D eigenvalue weighted by Crippen LogP contribution is 2.21. The number of aromatic amines is 1. The van der Waals surface area contributed by atoms with E-state index in [9.17, 15) is 14.4 Å². The number of nitrogens with one attached hydrogen (secondary N) is 1. The second-order valence-electron chi connectivity index (χ2n) is 7.00. The number of aryl methyl sites for hydroxylation is 2. The van der Waals surface area contributed by atoms with Gasteiger partial charge in [-0.15, -0.1) is 0 Å². The number of carbonyl (C=O) groups is 1. The lowest BCUT2D eigenvalue weighted by Crippen LogP contribution is -2.31. The maximum absolute atomic E-state index is 12.6. The van der Waals surface area contributed by atoms with Crippen LogP contribution in [-0.2, 0) is 29.7 Å². The van der Waals surface area contributed by atoms with E-state index in [1.807, 2.05) is 44.2 Å². The van der Waals surface area contributed by atoms with Crippen LogP contribution >= 0.6 is 0 Å². The first-order valence-corrected chi connectivity index (χ1v) is 9.87. The number of benzene rings is 1. The monoisotopic (exact) mass is 398 g/mol. The zero-order valence-electron chi connectivity index (χ0n) is 17.0. The van der Waals surface area contributed by atoms with Gasteiger partial charge in [0.25, 0.3) is 5.56 Å². The zero-order valence-corrected chi connectivity index (χ0v) is 17.0. The molecule has 29 heavy (non-hydrogen) atoms. The molecule has 0 aliphatic rings. The zero-order chi connectivity index (χ0) is 21.0. The van der Waals surface area contributed by atoms with Gasteiger partial charge in [-0.2, -0.15) is 0 Å². The summed E-state index contributed by atoms with van der Waals surface area (Å²) in [4.78, 5) is 43.9. The van der Waals surface area contributed by atoms with Gasteiger partial charge in [-0.3, -0.25) is 19.1 Å². The molecule has 0 aliphatic heterocycles. The molecule has 0 aliphatic carbocycles. The van der Waals surface area contributed by atoms with Gasteiger partial charge in [0, 0.05) is 13.6 Å². The number of carbonyl (C=O) groups excluding carboxylic acids is 1. The van der Waals surface area contributed by atoms with Crippen LogP contribution in [0.5, 0.6) is 0 Å². The second-order valence-corrected chi connectivity index (χ2v) is 7.00. The Bertz CT molecular complexity index is 1110. The van der Waals surface area contributed by atoms with Gasteiger partial charge in [-0.1, -0.05) is 50.6 Å². The molecule has 2 heterocycles. The highest BCUT2D eigenvalue weighted by Gasteiger charge is 2.22. The molecule has 154 valence electrons. The number of H-pyrrole nitrogens is 1. The Kier molecular flexibility index (Phi) is 6.31. The van der Waals surface area contributed by atoms with E-state index in [1.54, 1.807) is 11.6 Å². The molecule has 0 bridgehead atoms. The molecule has 1 unspecified atom stereocenters. The van der Waals surface area contributed by atoms with E-state index in [2.05, 4.69) is 9.97 Å². The molecule has 0 spiro atoms. The lowest BCUT2D eigenvalue weighted by Gasteiger charge is -2.14. The van der Waals surface area contributed by atoms with Gasteiger partial charge in [0.2, 0.25) is 0 Å². The fourth-order valence-corrected chi connectivity index (χ4v) is 3.40. The highest BCUT2D eigenvalue weighted by atomic mass is 16.5. The minimum atomic E-state index is -0.499. The van der Waals surface area contributed by atoms with Gasteiger partial charge in [0.1, 0.15) is 12.4 Å². The number of fused-ring (bicyclic) bond motifs is 1. The van der Waals surface area contributed by atoms with Gasteiger partial charge in [0.05, 0.1) is 5.92 Å². The van der Waals surface area contributed by atoms with Crippen LogP contribution in [0.15, 0.2) is 39.9 Å². The third-order valence-electron chi connectivity index (χ3n) is 5.08. The van der Waals surface area contributed by atoms with Crippen molar-refractivity contribution in [2.45, 2.75) is 52.2 Å². The van der Waals surface area contributed by atoms with Crippen molar-refractivity contribution in [3.05, 3.63) is 62.6 Å². The summed E-state index contributed by atoms with van der Waals surface area (Å²) in [5.74, 6) is -0.294. The predicted molar refractivity (Wildman–Crippen MR) is 110 cm³/mol. The number of hydrogen-bond donors (Lipinski definition) is 1. The Balaban J connectivity index is 1.88. The Morgan fingerprint density at radius 2 is 1.93 bits per heavy atom. The number of hydrogen-bond acceptors (Lipinski definition) is 5. The lowest BCUT2D eigenvalue weighted by molar-refractivity contribution is -0.147. The fraction of sp³-hybridized carbons (Fsp3) is 0.429. The number of esters is 1. The van der Waals surface area contributed by atoms with E-state index in [4.69, 9.17) is 4.74 Å². The van der Waals surface area contributed by atoms with Crippen molar-refractivity contribution in [1.29, 1.82) is 0 Å². The van der Waals surface area contributed by atoms with Crippen LogP contribution in [0.25, 0.3) is 11.2 Å². The summed E-state index contributed by atoms with van der Waals surface area (Å²) in [6.07, 6.45) is 2.31. The fourth-order valence-electron chi connectivity index (χ4n) is 3.40. The van der Waals surface area contributed by atoms with Crippen molar-refractivity contribution in [1.82, 2.24) is 19.1 Å². The maximum Gasteiger partial charge on any atom is 0.330 e. The summed E-state index contributed by atoms with van der Waals surface area (Å²) >= 11 is 0. The number of aromatic nitrogens is 4. The highest BCUT2D eigenvalue weighted by molar-refractivity contribution is 5.78. The van der Waals surface area contributed by atoms with E-state index in [1.165, 1.54) is 4.57 Å². The molecule has 3 aromatic rings. The van der Waals surface area contributed by atoms with Crippen LogP contribution in [0.4, 0.5) is 0 Å². The molecule has 1 aromatic carbocycles. The van der Waals surface area contributed by atoms with E-state index >= 15 is 0 Å². The smallest absolute Gasteiger partial charge is 0.330 e. The average Bonchev–Trinajstić information content (AvgIpc) is 3.04. The van der Waals surface area contributed by atoms with E-state index in [0.717, 1.165) is 18.4 Å². The van der Waals surface area contributed by atoms with Crippen molar-refractivity contribution in [3.63, 3.8) is 0 Å². The summed E-state index contributed by atoms with van der Waals surface area (Å²) in [6, 6.07) is 9.47. The Morgan fingerprint density at radius 1 is 1.21 bits per heavy atom. The van der Waals surface area contributed by atoms with Crippen molar-refractivity contribution < 1.29 is 9.53 Å². The Hall–Kier alpha value is -3.16. The van der Waals surface area contributed by atoms with Crippen LogP contribution in [-0.4, -0.2) is 25.1 Å². The third kappa shape index (κ3) is 4.16. The molecular weight excluding hydrogens is 372 g/mol. The lowest BCUT2D eigenvalue weighted by atomic mass is 9.97. The molecule has 1 N–H and O–H groups in total. The van der Waals surface area contributed by atoms with Gasteiger partial charge in [-0.25, -0.2) is 9.78 Å². The number of nitrogens with zero attached hydrogens (tertiary/aromatic N) is 3. The summed E-state index contributed by atoms with van der Waals surface area (Å²) in [7, 11) is 1.68. The summed E-state index contributed by atoms with van der Waals surface area (Å²) in [6.45, 7) is 4.34. The molecule has 0 saturated carbocycles. The van der Waals surface area contributed by atoms with Crippen molar-refractivity contribution in [3.8, 4) is 0 Å². The predicted octanol–water partition coefficient (Wildman–Crippen LogP) is 2.46. The molecule has 1 atom stereocenters.